The van der Waals surface area contributed by atoms with Gasteiger partial charge in [0.25, 0.3) is 0 Å². The Bertz CT molecular complexity index is 226. The van der Waals surface area contributed by atoms with Gasteiger partial charge in [-0.1, -0.05) is 43.7 Å². The summed E-state index contributed by atoms with van der Waals surface area (Å²) in [6, 6.07) is 10.2. The highest BCUT2D eigenvalue weighted by atomic mass is 14.7. The summed E-state index contributed by atoms with van der Waals surface area (Å²) >= 11 is 0. The zero-order valence-corrected chi connectivity index (χ0v) is 7.53. The summed E-state index contributed by atoms with van der Waals surface area (Å²) in [4.78, 5) is 4.31. The summed E-state index contributed by atoms with van der Waals surface area (Å²) in [7, 11) is 0. The molecule has 0 saturated carbocycles. The highest BCUT2D eigenvalue weighted by Gasteiger charge is 1.82. The molecule has 0 spiro atoms. The van der Waals surface area contributed by atoms with Crippen molar-refractivity contribution in [3.05, 3.63) is 35.9 Å². The summed E-state index contributed by atoms with van der Waals surface area (Å²) < 4.78 is 0. The number of hydrogen-bond acceptors (Lipinski definition) is 1. The first-order valence-electron chi connectivity index (χ1n) is 4.48. The van der Waals surface area contributed by atoms with Crippen molar-refractivity contribution < 1.29 is 0 Å². The van der Waals surface area contributed by atoms with Gasteiger partial charge < -0.3 is 0 Å². The molecule has 0 unspecified atom stereocenters. The SMILES string of the molecule is CCCC/N=C/c1ccccc1. The molecule has 0 amide bonds. The van der Waals surface area contributed by atoms with E-state index in [-0.39, 0.29) is 0 Å². The number of unbranched alkanes of at least 4 members (excludes halogenated alkanes) is 1. The van der Waals surface area contributed by atoms with E-state index in [4.69, 9.17) is 0 Å². The molecule has 0 bridgehead atoms. The van der Waals surface area contributed by atoms with Crippen LogP contribution in [0.1, 0.15) is 25.3 Å². The van der Waals surface area contributed by atoms with Crippen LogP contribution in [0.3, 0.4) is 0 Å². The van der Waals surface area contributed by atoms with Crippen molar-refractivity contribution in [2.24, 2.45) is 4.99 Å². The van der Waals surface area contributed by atoms with Crippen LogP contribution < -0.4 is 0 Å². The van der Waals surface area contributed by atoms with E-state index in [2.05, 4.69) is 24.0 Å². The first-order chi connectivity index (χ1) is 5.93. The summed E-state index contributed by atoms with van der Waals surface area (Å²) in [5, 5.41) is 0. The lowest BCUT2D eigenvalue weighted by atomic mass is 10.2. The molecule has 1 aromatic carbocycles. The minimum atomic E-state index is 0.950. The predicted octanol–water partition coefficient (Wildman–Crippen LogP) is 2.91. The maximum atomic E-state index is 4.31. The van der Waals surface area contributed by atoms with Crippen LogP contribution in [-0.2, 0) is 0 Å². The molecule has 1 heteroatoms. The number of rotatable bonds is 4. The predicted molar refractivity (Wildman–Crippen MR) is 53.8 cm³/mol. The normalized spacial score (nSPS) is 10.8. The van der Waals surface area contributed by atoms with Crippen molar-refractivity contribution in [1.29, 1.82) is 0 Å². The molecule has 0 saturated heterocycles. The van der Waals surface area contributed by atoms with E-state index in [0.717, 1.165) is 6.54 Å². The molecule has 0 aromatic heterocycles. The number of aliphatic imine (C=N–C) groups is 1. The number of nitrogens with zero attached hydrogens (tertiary/aromatic N) is 1. The second-order valence-corrected chi connectivity index (χ2v) is 2.80. The lowest BCUT2D eigenvalue weighted by molar-refractivity contribution is 0.810. The van der Waals surface area contributed by atoms with Gasteiger partial charge in [0.1, 0.15) is 0 Å². The molecule has 0 aliphatic carbocycles. The molecule has 0 atom stereocenters. The Morgan fingerprint density at radius 1 is 1.25 bits per heavy atom. The molecule has 0 heterocycles. The lowest BCUT2D eigenvalue weighted by Gasteiger charge is -1.91. The van der Waals surface area contributed by atoms with Gasteiger partial charge in [-0.15, -0.1) is 0 Å². The Balaban J connectivity index is 2.36. The Hall–Kier alpha value is -1.11. The highest BCUT2D eigenvalue weighted by Crippen LogP contribution is 1.94. The zero-order chi connectivity index (χ0) is 8.65. The topological polar surface area (TPSA) is 12.4 Å². The Labute approximate surface area is 74.2 Å². The van der Waals surface area contributed by atoms with Crippen molar-refractivity contribution in [2.75, 3.05) is 6.54 Å². The first-order valence-corrected chi connectivity index (χ1v) is 4.48. The van der Waals surface area contributed by atoms with Crippen LogP contribution in [0.15, 0.2) is 35.3 Å². The van der Waals surface area contributed by atoms with Crippen molar-refractivity contribution in [3.63, 3.8) is 0 Å². The Kier molecular flexibility index (Phi) is 4.14. The average molecular weight is 161 g/mol. The third kappa shape index (κ3) is 3.33. The maximum absolute atomic E-state index is 4.31. The average Bonchev–Trinajstić information content (AvgIpc) is 2.14. The van der Waals surface area contributed by atoms with Crippen LogP contribution >= 0.6 is 0 Å². The van der Waals surface area contributed by atoms with E-state index in [9.17, 15) is 0 Å². The van der Waals surface area contributed by atoms with Crippen LogP contribution in [0.2, 0.25) is 0 Å². The summed E-state index contributed by atoms with van der Waals surface area (Å²) in [6.45, 7) is 3.13. The van der Waals surface area contributed by atoms with Crippen LogP contribution in [0, 0.1) is 0 Å². The van der Waals surface area contributed by atoms with Crippen LogP contribution in [0.25, 0.3) is 0 Å². The summed E-state index contributed by atoms with van der Waals surface area (Å²) in [5.74, 6) is 0. The van der Waals surface area contributed by atoms with E-state index < -0.39 is 0 Å². The van der Waals surface area contributed by atoms with Crippen LogP contribution in [0.4, 0.5) is 0 Å². The fourth-order valence-corrected chi connectivity index (χ4v) is 0.958. The van der Waals surface area contributed by atoms with Gasteiger partial charge in [-0.3, -0.25) is 4.99 Å². The minimum absolute atomic E-state index is 0.950. The van der Waals surface area contributed by atoms with E-state index in [1.807, 2.05) is 24.4 Å². The molecule has 0 N–H and O–H groups in total. The second-order valence-electron chi connectivity index (χ2n) is 2.80. The van der Waals surface area contributed by atoms with Gasteiger partial charge in [0.2, 0.25) is 0 Å². The van der Waals surface area contributed by atoms with Crippen LogP contribution in [-0.4, -0.2) is 12.8 Å². The first kappa shape index (κ1) is 8.98. The highest BCUT2D eigenvalue weighted by molar-refractivity contribution is 5.79. The standard InChI is InChI=1S/C11H15N/c1-2-3-9-12-10-11-7-5-4-6-8-11/h4-8,10H,2-3,9H2,1H3/b12-10+. The Morgan fingerprint density at radius 2 is 2.00 bits per heavy atom. The quantitative estimate of drug-likeness (QED) is 0.475. The molecule has 0 fully saturated rings. The molecule has 1 nitrogen and oxygen atoms in total. The van der Waals surface area contributed by atoms with Gasteiger partial charge in [0.15, 0.2) is 0 Å². The van der Waals surface area contributed by atoms with Gasteiger partial charge in [0, 0.05) is 12.8 Å². The molecule has 0 aliphatic rings. The fraction of sp³-hybridized carbons (Fsp3) is 0.364. The van der Waals surface area contributed by atoms with Gasteiger partial charge in [-0.05, 0) is 12.0 Å². The zero-order valence-electron chi connectivity index (χ0n) is 7.53. The van der Waals surface area contributed by atoms with Gasteiger partial charge in [-0.2, -0.15) is 0 Å². The molecule has 1 rings (SSSR count). The largest absolute Gasteiger partial charge is 0.293 e. The van der Waals surface area contributed by atoms with Gasteiger partial charge >= 0.3 is 0 Å². The second kappa shape index (κ2) is 5.53. The monoisotopic (exact) mass is 161 g/mol. The minimum Gasteiger partial charge on any atom is -0.293 e. The maximum Gasteiger partial charge on any atom is 0.0389 e. The summed E-state index contributed by atoms with van der Waals surface area (Å²) in [5.41, 5.74) is 1.19. The lowest BCUT2D eigenvalue weighted by Crippen LogP contribution is -1.83. The third-order valence-electron chi connectivity index (χ3n) is 1.68. The number of hydrogen-bond donors (Lipinski definition) is 0. The molecule has 1 aromatic rings. The molecular weight excluding hydrogens is 146 g/mol. The van der Waals surface area contributed by atoms with Gasteiger partial charge in [-0.25, -0.2) is 0 Å². The smallest absolute Gasteiger partial charge is 0.0389 e. The Morgan fingerprint density at radius 3 is 2.67 bits per heavy atom. The van der Waals surface area contributed by atoms with Crippen molar-refractivity contribution >= 4 is 6.21 Å². The van der Waals surface area contributed by atoms with E-state index >= 15 is 0 Å². The van der Waals surface area contributed by atoms with Gasteiger partial charge in [0.05, 0.1) is 0 Å². The summed E-state index contributed by atoms with van der Waals surface area (Å²) in [6.07, 6.45) is 4.34. The van der Waals surface area contributed by atoms with Crippen LogP contribution in [0.5, 0.6) is 0 Å². The van der Waals surface area contributed by atoms with Crippen molar-refractivity contribution in [2.45, 2.75) is 19.8 Å². The molecule has 0 aliphatic heterocycles. The molecule has 12 heavy (non-hydrogen) atoms. The molecule has 0 radical (unpaired) electrons. The van der Waals surface area contributed by atoms with Crippen molar-refractivity contribution in [3.8, 4) is 0 Å². The van der Waals surface area contributed by atoms with E-state index in [1.165, 1.54) is 18.4 Å². The number of benzene rings is 1. The third-order valence-corrected chi connectivity index (χ3v) is 1.68. The molecular formula is C11H15N. The van der Waals surface area contributed by atoms with Crippen molar-refractivity contribution in [1.82, 2.24) is 0 Å². The molecule has 64 valence electrons. The van der Waals surface area contributed by atoms with E-state index in [0.29, 0.717) is 0 Å². The fourth-order valence-electron chi connectivity index (χ4n) is 0.958. The van der Waals surface area contributed by atoms with E-state index in [1.54, 1.807) is 0 Å².